The number of carbonyl (C=O) groups excluding carboxylic acids is 1. The third-order valence-corrected chi connectivity index (χ3v) is 5.12. The molecular formula is C21H27IN2O5. The lowest BCUT2D eigenvalue weighted by molar-refractivity contribution is -0.155. The molecule has 1 N–H and O–H groups in total. The molecule has 2 rings (SSSR count). The molecule has 0 saturated heterocycles. The molecule has 1 heterocycles. The molecule has 29 heavy (non-hydrogen) atoms. The maximum Gasteiger partial charge on any atom is 0.306 e. The summed E-state index contributed by atoms with van der Waals surface area (Å²) in [5.74, 6) is -0.108. The van der Waals surface area contributed by atoms with E-state index in [2.05, 4.69) is 32.9 Å². The Labute approximate surface area is 184 Å². The van der Waals surface area contributed by atoms with Gasteiger partial charge in [-0.2, -0.15) is 0 Å². The fourth-order valence-electron chi connectivity index (χ4n) is 2.81. The zero-order valence-electron chi connectivity index (χ0n) is 16.9. The highest BCUT2D eigenvalue weighted by atomic mass is 127. The van der Waals surface area contributed by atoms with Gasteiger partial charge in [0.1, 0.15) is 17.5 Å². The topological polar surface area (TPSA) is 94.2 Å². The van der Waals surface area contributed by atoms with E-state index >= 15 is 0 Å². The molecule has 0 radical (unpaired) electrons. The highest BCUT2D eigenvalue weighted by Gasteiger charge is 2.26. The first-order valence-corrected chi connectivity index (χ1v) is 10.5. The summed E-state index contributed by atoms with van der Waals surface area (Å²) in [6, 6.07) is 9.98. The first-order chi connectivity index (χ1) is 13.8. The van der Waals surface area contributed by atoms with Crippen LogP contribution in [0, 0.1) is 3.57 Å². The minimum absolute atomic E-state index is 0.179. The number of halogens is 1. The van der Waals surface area contributed by atoms with Crippen LogP contribution in [0.3, 0.4) is 0 Å². The molecule has 1 aromatic heterocycles. The molecule has 1 aromatic carbocycles. The number of esters is 1. The summed E-state index contributed by atoms with van der Waals surface area (Å²) in [4.78, 5) is 12.4. The largest absolute Gasteiger partial charge is 0.460 e. The second kappa shape index (κ2) is 11.3. The lowest BCUT2D eigenvalue weighted by atomic mass is 9.95. The average Bonchev–Trinajstić information content (AvgIpc) is 3.01. The van der Waals surface area contributed by atoms with Gasteiger partial charge >= 0.3 is 5.97 Å². The fraction of sp³-hybridized carbons (Fsp3) is 0.476. The Morgan fingerprint density at radius 3 is 2.72 bits per heavy atom. The van der Waals surface area contributed by atoms with E-state index in [0.29, 0.717) is 31.1 Å². The normalized spacial score (nSPS) is 13.0. The van der Waals surface area contributed by atoms with E-state index in [9.17, 15) is 4.79 Å². The molecule has 0 bridgehead atoms. The van der Waals surface area contributed by atoms with Crippen molar-refractivity contribution in [1.29, 1.82) is 0 Å². The number of rotatable bonds is 10. The molecule has 8 heteroatoms. The number of hydrogen-bond acceptors (Lipinski definition) is 7. The van der Waals surface area contributed by atoms with Crippen LogP contribution < -0.4 is 0 Å². The summed E-state index contributed by atoms with van der Waals surface area (Å²) in [5.41, 5.74) is 1.23. The summed E-state index contributed by atoms with van der Waals surface area (Å²) in [7, 11) is 0. The molecule has 1 atom stereocenters. The smallest absolute Gasteiger partial charge is 0.306 e. The molecule has 0 amide bonds. The van der Waals surface area contributed by atoms with Crippen molar-refractivity contribution in [3.05, 3.63) is 50.9 Å². The van der Waals surface area contributed by atoms with Crippen LogP contribution in [0.4, 0.5) is 0 Å². The fourth-order valence-corrected chi connectivity index (χ4v) is 3.58. The van der Waals surface area contributed by atoms with Gasteiger partial charge in [0.15, 0.2) is 5.76 Å². The molecule has 0 aliphatic carbocycles. The van der Waals surface area contributed by atoms with Crippen molar-refractivity contribution < 1.29 is 24.0 Å². The molecule has 158 valence electrons. The first kappa shape index (κ1) is 23.3. The van der Waals surface area contributed by atoms with Crippen molar-refractivity contribution in [1.82, 2.24) is 5.16 Å². The maximum atomic E-state index is 12.4. The zero-order chi connectivity index (χ0) is 21.3. The summed E-state index contributed by atoms with van der Waals surface area (Å²) < 4.78 is 17.2. The standard InChI is InChI=1S/C21H27IN2O5/c1-21(2,3)28-18(25)12-16(20-19(22)17(13-23-26)29-24-20)10-7-11-27-14-15-8-5-4-6-9-15/h4-6,8-9,13,16,26H,7,10-12,14H2,1-3H3/b23-13+/t16-/m0/s1. The van der Waals surface area contributed by atoms with Crippen molar-refractivity contribution in [3.8, 4) is 0 Å². The van der Waals surface area contributed by atoms with Crippen molar-refractivity contribution in [2.45, 2.75) is 58.2 Å². The van der Waals surface area contributed by atoms with Crippen molar-refractivity contribution in [3.63, 3.8) is 0 Å². The van der Waals surface area contributed by atoms with Crippen LogP contribution in [0.5, 0.6) is 0 Å². The van der Waals surface area contributed by atoms with Gasteiger partial charge in [-0.1, -0.05) is 40.6 Å². The molecule has 0 unspecified atom stereocenters. The highest BCUT2D eigenvalue weighted by molar-refractivity contribution is 14.1. The van der Waals surface area contributed by atoms with Crippen molar-refractivity contribution in [2.24, 2.45) is 5.16 Å². The minimum Gasteiger partial charge on any atom is -0.460 e. The molecule has 0 aliphatic rings. The van der Waals surface area contributed by atoms with Gasteiger partial charge in [0.25, 0.3) is 0 Å². The lowest BCUT2D eigenvalue weighted by Crippen LogP contribution is -2.25. The van der Waals surface area contributed by atoms with Gasteiger partial charge in [-0.3, -0.25) is 4.79 Å². The summed E-state index contributed by atoms with van der Waals surface area (Å²) >= 11 is 2.08. The van der Waals surface area contributed by atoms with Gasteiger partial charge in [0, 0.05) is 12.5 Å². The Bertz CT molecular complexity index is 799. The zero-order valence-corrected chi connectivity index (χ0v) is 19.1. The average molecular weight is 514 g/mol. The van der Waals surface area contributed by atoms with E-state index in [-0.39, 0.29) is 18.3 Å². The number of nitrogens with zero attached hydrogens (tertiary/aromatic N) is 2. The van der Waals surface area contributed by atoms with Gasteiger partial charge in [0.05, 0.1) is 16.6 Å². The van der Waals surface area contributed by atoms with Crippen LogP contribution in [-0.2, 0) is 20.9 Å². The third kappa shape index (κ3) is 8.14. The van der Waals surface area contributed by atoms with E-state index < -0.39 is 5.60 Å². The summed E-state index contributed by atoms with van der Waals surface area (Å²) in [5, 5.41) is 15.8. The monoisotopic (exact) mass is 514 g/mol. The Kier molecular flexibility index (Phi) is 9.09. The van der Waals surface area contributed by atoms with E-state index in [1.165, 1.54) is 6.21 Å². The van der Waals surface area contributed by atoms with E-state index in [1.54, 1.807) is 0 Å². The molecule has 0 fully saturated rings. The first-order valence-electron chi connectivity index (χ1n) is 9.46. The number of hydrogen-bond donors (Lipinski definition) is 1. The third-order valence-electron chi connectivity index (χ3n) is 4.03. The van der Waals surface area contributed by atoms with Crippen LogP contribution in [0.15, 0.2) is 40.0 Å². The maximum absolute atomic E-state index is 12.4. The minimum atomic E-state index is -0.549. The molecule has 7 nitrogen and oxygen atoms in total. The number of ether oxygens (including phenoxy) is 2. The number of benzene rings is 1. The number of carbonyl (C=O) groups is 1. The van der Waals surface area contributed by atoms with Gasteiger partial charge in [-0.15, -0.1) is 0 Å². The Morgan fingerprint density at radius 2 is 2.07 bits per heavy atom. The molecular weight excluding hydrogens is 487 g/mol. The van der Waals surface area contributed by atoms with Crippen molar-refractivity contribution in [2.75, 3.05) is 6.61 Å². The predicted molar refractivity (Wildman–Crippen MR) is 117 cm³/mol. The number of aromatic nitrogens is 1. The van der Waals surface area contributed by atoms with E-state index in [0.717, 1.165) is 15.6 Å². The van der Waals surface area contributed by atoms with Crippen LogP contribution in [-0.4, -0.2) is 34.8 Å². The van der Waals surface area contributed by atoms with Crippen LogP contribution >= 0.6 is 22.6 Å². The predicted octanol–water partition coefficient (Wildman–Crippen LogP) is 4.90. The molecule has 0 saturated carbocycles. The molecule has 0 spiro atoms. The Balaban J connectivity index is 1.97. The lowest BCUT2D eigenvalue weighted by Gasteiger charge is -2.21. The molecule has 2 aromatic rings. The quantitative estimate of drug-likeness (QED) is 0.121. The van der Waals surface area contributed by atoms with E-state index in [1.807, 2.05) is 51.1 Å². The SMILES string of the molecule is CC(C)(C)OC(=O)C[C@H](CCCOCc1ccccc1)c1noc(/C=N/O)c1I. The highest BCUT2D eigenvalue weighted by Crippen LogP contribution is 2.30. The van der Waals surface area contributed by atoms with Gasteiger partial charge in [-0.05, 0) is 61.8 Å². The van der Waals surface area contributed by atoms with Gasteiger partial charge < -0.3 is 19.2 Å². The van der Waals surface area contributed by atoms with Crippen LogP contribution in [0.25, 0.3) is 0 Å². The van der Waals surface area contributed by atoms with Gasteiger partial charge in [0.2, 0.25) is 0 Å². The van der Waals surface area contributed by atoms with E-state index in [4.69, 9.17) is 19.2 Å². The second-order valence-electron chi connectivity index (χ2n) is 7.66. The molecule has 0 aliphatic heterocycles. The van der Waals surface area contributed by atoms with Crippen LogP contribution in [0.1, 0.15) is 63.0 Å². The van der Waals surface area contributed by atoms with Gasteiger partial charge in [-0.25, -0.2) is 0 Å². The Hall–Kier alpha value is -1.94. The second-order valence-corrected chi connectivity index (χ2v) is 8.74. The van der Waals surface area contributed by atoms with Crippen LogP contribution in [0.2, 0.25) is 0 Å². The number of oxime groups is 1. The van der Waals surface area contributed by atoms with Crippen molar-refractivity contribution >= 4 is 34.8 Å². The summed E-state index contributed by atoms with van der Waals surface area (Å²) in [6.07, 6.45) is 2.82. The summed E-state index contributed by atoms with van der Waals surface area (Å²) in [6.45, 7) is 6.64. The Morgan fingerprint density at radius 1 is 1.34 bits per heavy atom.